The monoisotopic (exact) mass is 451 g/mol. The Labute approximate surface area is 176 Å². The van der Waals surface area contributed by atoms with Gasteiger partial charge in [-0.25, -0.2) is 4.98 Å². The van der Waals surface area contributed by atoms with Gasteiger partial charge < -0.3 is 9.88 Å². The molecule has 1 N–H and O–H groups in total. The van der Waals surface area contributed by atoms with E-state index in [0.717, 1.165) is 27.7 Å². The van der Waals surface area contributed by atoms with Gasteiger partial charge in [0.15, 0.2) is 0 Å². The minimum absolute atomic E-state index is 0.0626. The summed E-state index contributed by atoms with van der Waals surface area (Å²) in [5, 5.41) is 4.93. The summed E-state index contributed by atoms with van der Waals surface area (Å²) in [7, 11) is 0. The van der Waals surface area contributed by atoms with E-state index in [-0.39, 0.29) is 5.91 Å². The third kappa shape index (κ3) is 4.24. The summed E-state index contributed by atoms with van der Waals surface area (Å²) < 4.78 is 2.87. The molecule has 140 valence electrons. The standard InChI is InChI=1S/C22H18BrN3OS/c23-20-9-12-28-21(20)22(27)25-13-18-3-1-2-4-19(18)17-7-5-16(6-8-17)14-26-11-10-24-15-26/h1-12,15H,13-14H2,(H,25,27). The van der Waals surface area contributed by atoms with Crippen LogP contribution in [0.15, 0.2) is 83.2 Å². The number of halogens is 1. The minimum Gasteiger partial charge on any atom is -0.347 e. The van der Waals surface area contributed by atoms with Crippen LogP contribution in [0.4, 0.5) is 0 Å². The molecule has 0 bridgehead atoms. The maximum absolute atomic E-state index is 12.4. The lowest BCUT2D eigenvalue weighted by atomic mass is 9.98. The highest BCUT2D eigenvalue weighted by molar-refractivity contribution is 9.10. The lowest BCUT2D eigenvalue weighted by Gasteiger charge is -2.12. The zero-order valence-electron chi connectivity index (χ0n) is 15.0. The zero-order chi connectivity index (χ0) is 19.3. The van der Waals surface area contributed by atoms with E-state index in [0.29, 0.717) is 11.4 Å². The largest absolute Gasteiger partial charge is 0.347 e. The normalized spacial score (nSPS) is 10.8. The van der Waals surface area contributed by atoms with E-state index >= 15 is 0 Å². The molecule has 0 saturated carbocycles. The van der Waals surface area contributed by atoms with E-state index in [2.05, 4.69) is 62.6 Å². The highest BCUT2D eigenvalue weighted by Crippen LogP contribution is 2.25. The Kier molecular flexibility index (Phi) is 5.69. The summed E-state index contributed by atoms with van der Waals surface area (Å²) in [5.74, 6) is -0.0626. The van der Waals surface area contributed by atoms with Crippen LogP contribution in [-0.4, -0.2) is 15.5 Å². The van der Waals surface area contributed by atoms with Gasteiger partial charge in [-0.15, -0.1) is 11.3 Å². The summed E-state index contributed by atoms with van der Waals surface area (Å²) in [6, 6.07) is 18.6. The van der Waals surface area contributed by atoms with Gasteiger partial charge in [0.1, 0.15) is 4.88 Å². The first-order chi connectivity index (χ1) is 13.7. The second-order valence-electron chi connectivity index (χ2n) is 6.37. The van der Waals surface area contributed by atoms with Crippen molar-refractivity contribution >= 4 is 33.2 Å². The van der Waals surface area contributed by atoms with Gasteiger partial charge in [0.25, 0.3) is 5.91 Å². The molecule has 0 atom stereocenters. The van der Waals surface area contributed by atoms with E-state index in [1.165, 1.54) is 16.9 Å². The van der Waals surface area contributed by atoms with Crippen molar-refractivity contribution in [2.75, 3.05) is 0 Å². The number of benzene rings is 2. The molecule has 6 heteroatoms. The Hall–Kier alpha value is -2.70. The molecule has 0 saturated heterocycles. The molecule has 2 heterocycles. The van der Waals surface area contributed by atoms with Crippen molar-refractivity contribution in [3.8, 4) is 11.1 Å². The van der Waals surface area contributed by atoms with Crippen LogP contribution in [-0.2, 0) is 13.1 Å². The van der Waals surface area contributed by atoms with Crippen molar-refractivity contribution in [1.82, 2.24) is 14.9 Å². The predicted octanol–water partition coefficient (Wildman–Crippen LogP) is 5.35. The Morgan fingerprint density at radius 3 is 2.64 bits per heavy atom. The number of hydrogen-bond donors (Lipinski definition) is 1. The molecule has 0 fully saturated rings. The number of nitrogens with zero attached hydrogens (tertiary/aromatic N) is 2. The van der Waals surface area contributed by atoms with Gasteiger partial charge >= 0.3 is 0 Å². The number of carbonyl (C=O) groups excluding carboxylic acids is 1. The Bertz CT molecular complexity index is 1070. The molecule has 2 aromatic carbocycles. The number of rotatable bonds is 6. The van der Waals surface area contributed by atoms with Crippen LogP contribution in [0.25, 0.3) is 11.1 Å². The van der Waals surface area contributed by atoms with E-state index in [1.807, 2.05) is 40.7 Å². The number of thiophene rings is 1. The van der Waals surface area contributed by atoms with Crippen molar-refractivity contribution in [3.05, 3.63) is 99.2 Å². The molecule has 4 nitrogen and oxygen atoms in total. The number of imidazole rings is 1. The summed E-state index contributed by atoms with van der Waals surface area (Å²) in [5.41, 5.74) is 4.57. The van der Waals surface area contributed by atoms with Crippen molar-refractivity contribution < 1.29 is 4.79 Å². The quantitative estimate of drug-likeness (QED) is 0.429. The lowest BCUT2D eigenvalue weighted by Crippen LogP contribution is -2.22. The first kappa shape index (κ1) is 18.7. The maximum Gasteiger partial charge on any atom is 0.262 e. The third-order valence-corrected chi connectivity index (χ3v) is 6.31. The van der Waals surface area contributed by atoms with Gasteiger partial charge in [0, 0.05) is 30.0 Å². The van der Waals surface area contributed by atoms with Crippen molar-refractivity contribution in [3.63, 3.8) is 0 Å². The molecule has 0 spiro atoms. The summed E-state index contributed by atoms with van der Waals surface area (Å²) in [4.78, 5) is 17.2. The van der Waals surface area contributed by atoms with Crippen LogP contribution in [0.3, 0.4) is 0 Å². The molecule has 28 heavy (non-hydrogen) atoms. The molecule has 2 aromatic heterocycles. The second kappa shape index (κ2) is 8.54. The number of amides is 1. The molecule has 1 amide bonds. The van der Waals surface area contributed by atoms with E-state index in [9.17, 15) is 4.79 Å². The lowest BCUT2D eigenvalue weighted by molar-refractivity contribution is 0.0954. The Morgan fingerprint density at radius 2 is 1.93 bits per heavy atom. The Morgan fingerprint density at radius 1 is 1.11 bits per heavy atom. The fraction of sp³-hybridized carbons (Fsp3) is 0.0909. The van der Waals surface area contributed by atoms with Gasteiger partial charge in [-0.3, -0.25) is 4.79 Å². The van der Waals surface area contributed by atoms with Crippen LogP contribution in [0.2, 0.25) is 0 Å². The van der Waals surface area contributed by atoms with Gasteiger partial charge in [-0.1, -0.05) is 48.5 Å². The van der Waals surface area contributed by atoms with E-state index in [4.69, 9.17) is 0 Å². The van der Waals surface area contributed by atoms with Gasteiger partial charge in [0.05, 0.1) is 6.33 Å². The second-order valence-corrected chi connectivity index (χ2v) is 8.14. The number of carbonyl (C=O) groups is 1. The Balaban J connectivity index is 1.49. The number of nitrogens with one attached hydrogen (secondary N) is 1. The first-order valence-electron chi connectivity index (χ1n) is 8.85. The number of aromatic nitrogens is 2. The van der Waals surface area contributed by atoms with Gasteiger partial charge in [-0.2, -0.15) is 0 Å². The van der Waals surface area contributed by atoms with E-state index < -0.39 is 0 Å². The highest BCUT2D eigenvalue weighted by Gasteiger charge is 2.12. The smallest absolute Gasteiger partial charge is 0.262 e. The van der Waals surface area contributed by atoms with Crippen LogP contribution in [0.5, 0.6) is 0 Å². The fourth-order valence-electron chi connectivity index (χ4n) is 3.05. The molecule has 0 aliphatic carbocycles. The maximum atomic E-state index is 12.4. The minimum atomic E-state index is -0.0626. The molecule has 4 rings (SSSR count). The van der Waals surface area contributed by atoms with Crippen LogP contribution < -0.4 is 5.32 Å². The SMILES string of the molecule is O=C(NCc1ccccc1-c1ccc(Cn2ccnc2)cc1)c1sccc1Br. The van der Waals surface area contributed by atoms with Crippen LogP contribution in [0, 0.1) is 0 Å². The molecule has 0 radical (unpaired) electrons. The van der Waals surface area contributed by atoms with Gasteiger partial charge in [0.2, 0.25) is 0 Å². The van der Waals surface area contributed by atoms with Crippen molar-refractivity contribution in [1.29, 1.82) is 0 Å². The molecule has 0 unspecified atom stereocenters. The van der Waals surface area contributed by atoms with E-state index in [1.54, 1.807) is 6.20 Å². The molecular formula is C22H18BrN3OS. The molecule has 4 aromatic rings. The summed E-state index contributed by atoms with van der Waals surface area (Å²) in [6.07, 6.45) is 5.56. The number of hydrogen-bond acceptors (Lipinski definition) is 3. The first-order valence-corrected chi connectivity index (χ1v) is 10.5. The highest BCUT2D eigenvalue weighted by atomic mass is 79.9. The molecule has 0 aliphatic rings. The van der Waals surface area contributed by atoms with Gasteiger partial charge in [-0.05, 0) is 49.6 Å². The zero-order valence-corrected chi connectivity index (χ0v) is 17.4. The average molecular weight is 452 g/mol. The topological polar surface area (TPSA) is 46.9 Å². The average Bonchev–Trinajstić information content (AvgIpc) is 3.39. The van der Waals surface area contributed by atoms with Crippen LogP contribution in [0.1, 0.15) is 20.8 Å². The fourth-order valence-corrected chi connectivity index (χ4v) is 4.52. The summed E-state index contributed by atoms with van der Waals surface area (Å²) in [6.45, 7) is 1.28. The summed E-state index contributed by atoms with van der Waals surface area (Å²) >= 11 is 4.85. The molecular weight excluding hydrogens is 434 g/mol. The van der Waals surface area contributed by atoms with Crippen molar-refractivity contribution in [2.24, 2.45) is 0 Å². The van der Waals surface area contributed by atoms with Crippen molar-refractivity contribution in [2.45, 2.75) is 13.1 Å². The van der Waals surface area contributed by atoms with Crippen LogP contribution >= 0.6 is 27.3 Å². The predicted molar refractivity (Wildman–Crippen MR) is 116 cm³/mol. The third-order valence-electron chi connectivity index (χ3n) is 4.47. The molecule has 0 aliphatic heterocycles.